The molecule has 1 aliphatic rings. The zero-order chi connectivity index (χ0) is 26.8. The number of aliphatic carboxylic acids is 1. The summed E-state index contributed by atoms with van der Waals surface area (Å²) in [5.41, 5.74) is -0.809. The van der Waals surface area contributed by atoms with Gasteiger partial charge in [0.05, 0.1) is 34.5 Å². The molecule has 1 unspecified atom stereocenters. The molecule has 188 valence electrons. The number of halogens is 3. The number of benzene rings is 2. The topological polar surface area (TPSA) is 105 Å². The maximum atomic E-state index is 13.8. The van der Waals surface area contributed by atoms with Crippen molar-refractivity contribution in [2.75, 3.05) is 25.5 Å². The molecule has 1 N–H and O–H groups in total. The molecule has 0 spiro atoms. The minimum absolute atomic E-state index is 0.00487. The van der Waals surface area contributed by atoms with Gasteiger partial charge < -0.3 is 14.9 Å². The van der Waals surface area contributed by atoms with Crippen LogP contribution in [0, 0.1) is 11.3 Å². The van der Waals surface area contributed by atoms with E-state index in [0.29, 0.717) is 11.1 Å². The molecular weight excluding hydrogens is 477 g/mol. The van der Waals surface area contributed by atoms with E-state index < -0.39 is 42.2 Å². The molecular formula is C25H23F3N4O4. The summed E-state index contributed by atoms with van der Waals surface area (Å²) in [6.45, 7) is 1.06. The molecule has 3 amide bonds. The summed E-state index contributed by atoms with van der Waals surface area (Å²) in [5.74, 6) is -1.91. The minimum Gasteiger partial charge on any atom is -0.478 e. The Balaban J connectivity index is 2.30. The van der Waals surface area contributed by atoms with Crippen molar-refractivity contribution in [3.8, 4) is 6.07 Å². The van der Waals surface area contributed by atoms with E-state index in [0.717, 1.165) is 28.0 Å². The first-order valence-electron chi connectivity index (χ1n) is 10.8. The molecule has 0 aliphatic carbocycles. The summed E-state index contributed by atoms with van der Waals surface area (Å²) in [6.07, 6.45) is -4.68. The van der Waals surface area contributed by atoms with Gasteiger partial charge in [-0.2, -0.15) is 18.4 Å². The first-order chi connectivity index (χ1) is 16.9. The van der Waals surface area contributed by atoms with Gasteiger partial charge in [-0.25, -0.2) is 9.59 Å². The Hall–Kier alpha value is -4.33. The highest BCUT2D eigenvalue weighted by Crippen LogP contribution is 2.41. The Bertz CT molecular complexity index is 1260. The van der Waals surface area contributed by atoms with E-state index in [1.807, 2.05) is 6.07 Å². The summed E-state index contributed by atoms with van der Waals surface area (Å²) < 4.78 is 40.2. The van der Waals surface area contributed by atoms with E-state index in [1.54, 1.807) is 6.92 Å². The highest BCUT2D eigenvalue weighted by Gasteiger charge is 2.44. The van der Waals surface area contributed by atoms with Gasteiger partial charge in [0.25, 0.3) is 0 Å². The van der Waals surface area contributed by atoms with Crippen molar-refractivity contribution in [3.63, 3.8) is 0 Å². The smallest absolute Gasteiger partial charge is 0.416 e. The quantitative estimate of drug-likeness (QED) is 0.633. The fourth-order valence-corrected chi connectivity index (χ4v) is 4.00. The lowest BCUT2D eigenvalue weighted by Gasteiger charge is -2.43. The normalized spacial score (nSPS) is 16.1. The van der Waals surface area contributed by atoms with E-state index in [2.05, 4.69) is 0 Å². The molecule has 0 saturated carbocycles. The van der Waals surface area contributed by atoms with Crippen LogP contribution in [0.1, 0.15) is 36.1 Å². The average Bonchev–Trinajstić information content (AvgIpc) is 2.83. The zero-order valence-corrected chi connectivity index (χ0v) is 19.7. The molecule has 2 aromatic carbocycles. The van der Waals surface area contributed by atoms with Gasteiger partial charge in [0, 0.05) is 19.8 Å². The van der Waals surface area contributed by atoms with Crippen molar-refractivity contribution in [1.82, 2.24) is 9.80 Å². The van der Waals surface area contributed by atoms with Gasteiger partial charge >= 0.3 is 18.2 Å². The van der Waals surface area contributed by atoms with Crippen LogP contribution in [0.15, 0.2) is 59.8 Å². The number of carboxylic acid groups (broad SMARTS) is 1. The number of anilines is 1. The second-order valence-electron chi connectivity index (χ2n) is 8.24. The van der Waals surface area contributed by atoms with Gasteiger partial charge in [0.1, 0.15) is 6.54 Å². The number of nitriles is 1. The first kappa shape index (κ1) is 26.3. The van der Waals surface area contributed by atoms with Crippen LogP contribution < -0.4 is 4.90 Å². The summed E-state index contributed by atoms with van der Waals surface area (Å²) in [4.78, 5) is 42.2. The predicted molar refractivity (Wildman–Crippen MR) is 124 cm³/mol. The van der Waals surface area contributed by atoms with Crippen LogP contribution in [-0.2, 0) is 15.8 Å². The molecule has 36 heavy (non-hydrogen) atoms. The van der Waals surface area contributed by atoms with Crippen molar-refractivity contribution in [2.24, 2.45) is 0 Å². The molecule has 0 aromatic heterocycles. The van der Waals surface area contributed by atoms with Crippen molar-refractivity contribution >= 4 is 23.6 Å². The number of amides is 3. The fraction of sp³-hybridized carbons (Fsp3) is 0.280. The predicted octanol–water partition coefficient (Wildman–Crippen LogP) is 4.40. The standard InChI is InChI=1S/C25H23F3N4O4/c1-4-19-21(23(34)35)22(16-10-8-15(13-29)9-11-16)31(14-20(33)30(2)3)24(36)32(19)18-7-5-6-17(12-18)25(26,27)28/h5-12,22H,4,14H2,1-3H3,(H,34,35). The lowest BCUT2D eigenvalue weighted by Crippen LogP contribution is -2.53. The molecule has 0 fully saturated rings. The Labute approximate surface area is 205 Å². The molecule has 1 atom stereocenters. The molecule has 11 heteroatoms. The lowest BCUT2D eigenvalue weighted by atomic mass is 9.91. The number of nitrogens with zero attached hydrogens (tertiary/aromatic N) is 4. The number of allylic oxidation sites excluding steroid dienone is 1. The van der Waals surface area contributed by atoms with Crippen molar-refractivity contribution in [3.05, 3.63) is 76.5 Å². The molecule has 0 saturated heterocycles. The number of alkyl halides is 3. The Kier molecular flexibility index (Phi) is 7.38. The third kappa shape index (κ3) is 5.02. The first-order valence-corrected chi connectivity index (χ1v) is 10.8. The number of hydrogen-bond donors (Lipinski definition) is 1. The lowest BCUT2D eigenvalue weighted by molar-refractivity contribution is -0.137. The van der Waals surface area contributed by atoms with Crippen LogP contribution in [0.4, 0.5) is 23.7 Å². The number of likely N-dealkylation sites (N-methyl/N-ethyl adjacent to an activating group) is 1. The maximum absolute atomic E-state index is 13.8. The van der Waals surface area contributed by atoms with E-state index in [1.165, 1.54) is 49.3 Å². The van der Waals surface area contributed by atoms with Crippen LogP contribution in [0.5, 0.6) is 0 Å². The third-order valence-corrected chi connectivity index (χ3v) is 5.76. The van der Waals surface area contributed by atoms with Gasteiger partial charge in [-0.1, -0.05) is 25.1 Å². The molecule has 3 rings (SSSR count). The number of carbonyl (C=O) groups excluding carboxylic acids is 2. The summed E-state index contributed by atoms with van der Waals surface area (Å²) in [6, 6.07) is 9.78. The van der Waals surface area contributed by atoms with Gasteiger partial charge in [0.2, 0.25) is 5.91 Å². The van der Waals surface area contributed by atoms with E-state index >= 15 is 0 Å². The van der Waals surface area contributed by atoms with Crippen LogP contribution in [0.2, 0.25) is 0 Å². The number of rotatable bonds is 6. The Morgan fingerprint density at radius 3 is 2.28 bits per heavy atom. The number of urea groups is 1. The van der Waals surface area contributed by atoms with E-state index in [4.69, 9.17) is 5.26 Å². The van der Waals surface area contributed by atoms with Crippen molar-refractivity contribution in [1.29, 1.82) is 5.26 Å². The third-order valence-electron chi connectivity index (χ3n) is 5.76. The van der Waals surface area contributed by atoms with Gasteiger partial charge in [0.15, 0.2) is 0 Å². The summed E-state index contributed by atoms with van der Waals surface area (Å²) in [5, 5.41) is 19.3. The van der Waals surface area contributed by atoms with Crippen LogP contribution >= 0.6 is 0 Å². The minimum atomic E-state index is -4.69. The monoisotopic (exact) mass is 500 g/mol. The van der Waals surface area contributed by atoms with Gasteiger partial charge in [-0.15, -0.1) is 0 Å². The summed E-state index contributed by atoms with van der Waals surface area (Å²) in [7, 11) is 2.92. The fourth-order valence-electron chi connectivity index (χ4n) is 4.00. The summed E-state index contributed by atoms with van der Waals surface area (Å²) >= 11 is 0. The van der Waals surface area contributed by atoms with Gasteiger partial charge in [-0.3, -0.25) is 9.69 Å². The highest BCUT2D eigenvalue weighted by molar-refractivity contribution is 6.04. The number of hydrogen-bond acceptors (Lipinski definition) is 4. The molecule has 0 radical (unpaired) electrons. The molecule has 2 aromatic rings. The molecule has 1 heterocycles. The molecule has 8 nitrogen and oxygen atoms in total. The second-order valence-corrected chi connectivity index (χ2v) is 8.24. The maximum Gasteiger partial charge on any atom is 0.416 e. The van der Waals surface area contributed by atoms with E-state index in [-0.39, 0.29) is 23.4 Å². The van der Waals surface area contributed by atoms with Crippen LogP contribution in [0.3, 0.4) is 0 Å². The molecule has 0 bridgehead atoms. The Morgan fingerprint density at radius 1 is 1.14 bits per heavy atom. The SMILES string of the molecule is CCC1=C(C(=O)O)C(c2ccc(C#N)cc2)N(CC(=O)N(C)C)C(=O)N1c1cccc(C(F)(F)F)c1. The second kappa shape index (κ2) is 10.1. The van der Waals surface area contributed by atoms with Crippen LogP contribution in [-0.4, -0.2) is 53.5 Å². The number of carbonyl (C=O) groups is 3. The largest absolute Gasteiger partial charge is 0.478 e. The van der Waals surface area contributed by atoms with E-state index in [9.17, 15) is 32.7 Å². The molecule has 1 aliphatic heterocycles. The average molecular weight is 500 g/mol. The highest BCUT2D eigenvalue weighted by atomic mass is 19.4. The van der Waals surface area contributed by atoms with Crippen molar-refractivity contribution in [2.45, 2.75) is 25.6 Å². The zero-order valence-electron chi connectivity index (χ0n) is 19.7. The Morgan fingerprint density at radius 2 is 1.78 bits per heavy atom. The van der Waals surface area contributed by atoms with Crippen LogP contribution in [0.25, 0.3) is 0 Å². The number of carboxylic acids is 1. The van der Waals surface area contributed by atoms with Gasteiger partial charge in [-0.05, 0) is 42.3 Å². The van der Waals surface area contributed by atoms with Crippen molar-refractivity contribution < 1.29 is 32.7 Å².